The molecule has 0 unspecified atom stereocenters. The van der Waals surface area contributed by atoms with E-state index in [1.807, 2.05) is 4.90 Å². The van der Waals surface area contributed by atoms with Gasteiger partial charge in [-0.25, -0.2) is 4.39 Å². The van der Waals surface area contributed by atoms with Gasteiger partial charge in [0.25, 0.3) is 11.8 Å². The van der Waals surface area contributed by atoms with Crippen molar-refractivity contribution in [3.05, 3.63) is 65.5 Å². The largest absolute Gasteiger partial charge is 0.339 e. The lowest BCUT2D eigenvalue weighted by atomic mass is 10.1. The average Bonchev–Trinajstić information content (AvgIpc) is 2.63. The van der Waals surface area contributed by atoms with E-state index in [1.54, 1.807) is 24.3 Å². The summed E-state index contributed by atoms with van der Waals surface area (Å²) in [6, 6.07) is 12.3. The van der Waals surface area contributed by atoms with Gasteiger partial charge in [0.2, 0.25) is 0 Å². The number of hydrogen-bond donors (Lipinski definition) is 1. The molecular weight excluding hydrogens is 307 g/mol. The minimum atomic E-state index is -0.396. The Bertz CT molecular complexity index is 737. The van der Waals surface area contributed by atoms with Crippen LogP contribution in [-0.2, 0) is 0 Å². The molecule has 2 amide bonds. The first-order chi connectivity index (χ1) is 11.6. The van der Waals surface area contributed by atoms with Crippen molar-refractivity contribution in [3.8, 4) is 0 Å². The van der Waals surface area contributed by atoms with Gasteiger partial charge in [0.15, 0.2) is 0 Å². The van der Waals surface area contributed by atoms with Crippen LogP contribution in [-0.4, -0.2) is 29.8 Å². The number of hydrogen-bond acceptors (Lipinski definition) is 2. The zero-order chi connectivity index (χ0) is 16.9. The second-order valence-electron chi connectivity index (χ2n) is 5.86. The van der Waals surface area contributed by atoms with Gasteiger partial charge in [0.1, 0.15) is 5.82 Å². The average molecular weight is 326 g/mol. The monoisotopic (exact) mass is 326 g/mol. The van der Waals surface area contributed by atoms with E-state index in [4.69, 9.17) is 0 Å². The molecule has 0 bridgehead atoms. The maximum Gasteiger partial charge on any atom is 0.255 e. The summed E-state index contributed by atoms with van der Waals surface area (Å²) in [6.45, 7) is 1.50. The molecule has 1 saturated heterocycles. The highest BCUT2D eigenvalue weighted by atomic mass is 19.1. The van der Waals surface area contributed by atoms with Crippen molar-refractivity contribution in [2.45, 2.75) is 19.3 Å². The standard InChI is InChI=1S/C19H19FN2O2/c20-15-10-8-14(9-11-15)18(23)21-17-7-3-2-6-16(17)19(24)22-12-4-1-5-13-22/h2-3,6-11H,1,4-5,12-13H2,(H,21,23). The van der Waals surface area contributed by atoms with Gasteiger partial charge in [-0.15, -0.1) is 0 Å². The van der Waals surface area contributed by atoms with E-state index in [-0.39, 0.29) is 11.8 Å². The summed E-state index contributed by atoms with van der Waals surface area (Å²) in [5, 5.41) is 2.76. The molecule has 5 heteroatoms. The summed E-state index contributed by atoms with van der Waals surface area (Å²) in [4.78, 5) is 26.9. The van der Waals surface area contributed by atoms with Crippen molar-refractivity contribution >= 4 is 17.5 Å². The first kappa shape index (κ1) is 16.2. The summed E-state index contributed by atoms with van der Waals surface area (Å²) >= 11 is 0. The molecule has 2 aromatic carbocycles. The molecule has 1 fully saturated rings. The van der Waals surface area contributed by atoms with Gasteiger partial charge < -0.3 is 10.2 Å². The molecule has 1 heterocycles. The number of para-hydroxylation sites is 1. The topological polar surface area (TPSA) is 49.4 Å². The molecule has 24 heavy (non-hydrogen) atoms. The van der Waals surface area contributed by atoms with E-state index in [9.17, 15) is 14.0 Å². The molecule has 0 spiro atoms. The molecule has 4 nitrogen and oxygen atoms in total. The Morgan fingerprint density at radius 1 is 0.917 bits per heavy atom. The molecule has 2 aromatic rings. The number of nitrogens with zero attached hydrogens (tertiary/aromatic N) is 1. The molecule has 0 radical (unpaired) electrons. The number of halogens is 1. The molecule has 1 aliphatic heterocycles. The van der Waals surface area contributed by atoms with Gasteiger partial charge >= 0.3 is 0 Å². The van der Waals surface area contributed by atoms with Gasteiger partial charge in [-0.2, -0.15) is 0 Å². The summed E-state index contributed by atoms with van der Waals surface area (Å²) in [6.07, 6.45) is 3.17. The minimum absolute atomic E-state index is 0.0651. The Kier molecular flexibility index (Phi) is 4.89. The number of rotatable bonds is 3. The van der Waals surface area contributed by atoms with Crippen LogP contribution in [0.15, 0.2) is 48.5 Å². The van der Waals surface area contributed by atoms with Crippen LogP contribution in [0.3, 0.4) is 0 Å². The van der Waals surface area contributed by atoms with Crippen LogP contribution in [0.4, 0.5) is 10.1 Å². The summed E-state index contributed by atoms with van der Waals surface area (Å²) in [5.74, 6) is -0.828. The molecule has 3 rings (SSSR count). The fourth-order valence-electron chi connectivity index (χ4n) is 2.84. The Hall–Kier alpha value is -2.69. The summed E-state index contributed by atoms with van der Waals surface area (Å²) < 4.78 is 13.0. The predicted molar refractivity (Wildman–Crippen MR) is 90.5 cm³/mol. The lowest BCUT2D eigenvalue weighted by molar-refractivity contribution is 0.0725. The van der Waals surface area contributed by atoms with Crippen LogP contribution in [0, 0.1) is 5.82 Å². The normalized spacial score (nSPS) is 14.3. The third kappa shape index (κ3) is 3.62. The number of nitrogens with one attached hydrogen (secondary N) is 1. The number of carbonyl (C=O) groups excluding carboxylic acids is 2. The van der Waals surface area contributed by atoms with E-state index in [1.165, 1.54) is 24.3 Å². The highest BCUT2D eigenvalue weighted by Crippen LogP contribution is 2.20. The van der Waals surface area contributed by atoms with Crippen LogP contribution in [0.1, 0.15) is 40.0 Å². The fourth-order valence-corrected chi connectivity index (χ4v) is 2.84. The van der Waals surface area contributed by atoms with Gasteiger partial charge in [-0.3, -0.25) is 9.59 Å². The van der Waals surface area contributed by atoms with Gasteiger partial charge in [-0.05, 0) is 55.7 Å². The smallest absolute Gasteiger partial charge is 0.255 e. The van der Waals surface area contributed by atoms with Crippen molar-refractivity contribution in [2.24, 2.45) is 0 Å². The van der Waals surface area contributed by atoms with Crippen LogP contribution in [0.25, 0.3) is 0 Å². The molecule has 1 N–H and O–H groups in total. The number of amides is 2. The Morgan fingerprint density at radius 2 is 1.58 bits per heavy atom. The van der Waals surface area contributed by atoms with E-state index < -0.39 is 5.82 Å². The second-order valence-corrected chi connectivity index (χ2v) is 5.86. The van der Waals surface area contributed by atoms with Crippen LogP contribution >= 0.6 is 0 Å². The van der Waals surface area contributed by atoms with Crippen molar-refractivity contribution in [1.82, 2.24) is 4.90 Å². The second kappa shape index (κ2) is 7.25. The van der Waals surface area contributed by atoms with E-state index in [0.717, 1.165) is 32.4 Å². The quantitative estimate of drug-likeness (QED) is 0.935. The lowest BCUT2D eigenvalue weighted by Crippen LogP contribution is -2.36. The Balaban J connectivity index is 1.79. The zero-order valence-corrected chi connectivity index (χ0v) is 13.3. The first-order valence-corrected chi connectivity index (χ1v) is 8.10. The summed E-state index contributed by atoms with van der Waals surface area (Å²) in [5.41, 5.74) is 1.30. The highest BCUT2D eigenvalue weighted by Gasteiger charge is 2.21. The van der Waals surface area contributed by atoms with E-state index >= 15 is 0 Å². The zero-order valence-electron chi connectivity index (χ0n) is 13.3. The fraction of sp³-hybridized carbons (Fsp3) is 0.263. The highest BCUT2D eigenvalue weighted by molar-refractivity contribution is 6.09. The number of benzene rings is 2. The van der Waals surface area contributed by atoms with Crippen LogP contribution in [0.2, 0.25) is 0 Å². The number of piperidine rings is 1. The molecule has 0 saturated carbocycles. The molecule has 124 valence electrons. The molecule has 0 aliphatic carbocycles. The molecule has 1 aliphatic rings. The molecule has 0 aromatic heterocycles. The van der Waals surface area contributed by atoms with Gasteiger partial charge in [0.05, 0.1) is 11.3 Å². The SMILES string of the molecule is O=C(Nc1ccccc1C(=O)N1CCCCC1)c1ccc(F)cc1. The minimum Gasteiger partial charge on any atom is -0.339 e. The number of carbonyl (C=O) groups is 2. The van der Waals surface area contributed by atoms with Crippen molar-refractivity contribution in [3.63, 3.8) is 0 Å². The third-order valence-corrected chi connectivity index (χ3v) is 4.16. The van der Waals surface area contributed by atoms with E-state index in [0.29, 0.717) is 16.8 Å². The van der Waals surface area contributed by atoms with Gasteiger partial charge in [-0.1, -0.05) is 12.1 Å². The lowest BCUT2D eigenvalue weighted by Gasteiger charge is -2.27. The van der Waals surface area contributed by atoms with Crippen molar-refractivity contribution < 1.29 is 14.0 Å². The summed E-state index contributed by atoms with van der Waals surface area (Å²) in [7, 11) is 0. The Labute approximate surface area is 140 Å². The van der Waals surface area contributed by atoms with Gasteiger partial charge in [0, 0.05) is 18.7 Å². The molecular formula is C19H19FN2O2. The number of likely N-dealkylation sites (tertiary alicyclic amines) is 1. The van der Waals surface area contributed by atoms with Crippen molar-refractivity contribution in [1.29, 1.82) is 0 Å². The maximum atomic E-state index is 13.0. The molecule has 0 atom stereocenters. The van der Waals surface area contributed by atoms with Crippen molar-refractivity contribution in [2.75, 3.05) is 18.4 Å². The third-order valence-electron chi connectivity index (χ3n) is 4.16. The first-order valence-electron chi connectivity index (χ1n) is 8.10. The van der Waals surface area contributed by atoms with Crippen LogP contribution in [0.5, 0.6) is 0 Å². The Morgan fingerprint density at radius 3 is 2.29 bits per heavy atom. The van der Waals surface area contributed by atoms with E-state index in [2.05, 4.69) is 5.32 Å². The maximum absolute atomic E-state index is 13.0. The van der Waals surface area contributed by atoms with Crippen LogP contribution < -0.4 is 5.32 Å². The number of anilines is 1. The predicted octanol–water partition coefficient (Wildman–Crippen LogP) is 3.70.